The molecule has 4 heteroatoms. The minimum absolute atomic E-state index is 0.0952. The zero-order valence-corrected chi connectivity index (χ0v) is 9.99. The first-order valence-corrected chi connectivity index (χ1v) is 6.12. The number of hydrogen-bond donors (Lipinski definition) is 1. The first-order valence-electron chi connectivity index (χ1n) is 5.31. The molecule has 1 aliphatic rings. The van der Waals surface area contributed by atoms with Gasteiger partial charge in [-0.1, -0.05) is 12.8 Å². The number of carbonyl (C=O) groups excluding carboxylic acids is 1. The number of nitrogens with zero attached hydrogens (tertiary/aromatic N) is 1. The van der Waals surface area contributed by atoms with E-state index in [1.807, 2.05) is 6.92 Å². The number of ketones is 1. The van der Waals surface area contributed by atoms with E-state index in [4.69, 9.17) is 5.73 Å². The number of aromatic nitrogens is 1. The zero-order chi connectivity index (χ0) is 11.1. The average molecular weight is 224 g/mol. The molecule has 0 aromatic carbocycles. The standard InChI is InChI=1S/C11H16N2OS/c1-7-9(8(2)14)15-10(13-7)11(12)5-3-4-6-11/h3-6,12H2,1-2H3. The second-order valence-corrected chi connectivity index (χ2v) is 5.35. The monoisotopic (exact) mass is 224 g/mol. The summed E-state index contributed by atoms with van der Waals surface area (Å²) < 4.78 is 0. The van der Waals surface area contributed by atoms with Crippen LogP contribution in [0.2, 0.25) is 0 Å². The van der Waals surface area contributed by atoms with Gasteiger partial charge < -0.3 is 5.73 Å². The number of thiazole rings is 1. The summed E-state index contributed by atoms with van der Waals surface area (Å²) in [4.78, 5) is 16.6. The van der Waals surface area contributed by atoms with Gasteiger partial charge in [0.15, 0.2) is 5.78 Å². The van der Waals surface area contributed by atoms with E-state index in [0.717, 1.165) is 28.4 Å². The van der Waals surface area contributed by atoms with Crippen LogP contribution in [0.1, 0.15) is 53.0 Å². The third-order valence-electron chi connectivity index (χ3n) is 3.04. The number of aryl methyl sites for hydroxylation is 1. The summed E-state index contributed by atoms with van der Waals surface area (Å²) in [6, 6.07) is 0. The molecule has 2 rings (SSSR count). The summed E-state index contributed by atoms with van der Waals surface area (Å²) in [6.07, 6.45) is 4.34. The Balaban J connectivity index is 2.37. The summed E-state index contributed by atoms with van der Waals surface area (Å²) in [5.41, 5.74) is 6.87. The van der Waals surface area contributed by atoms with Crippen molar-refractivity contribution >= 4 is 17.1 Å². The predicted octanol–water partition coefficient (Wildman–Crippen LogP) is 2.38. The van der Waals surface area contributed by atoms with Gasteiger partial charge in [-0.3, -0.25) is 4.79 Å². The van der Waals surface area contributed by atoms with Crippen LogP contribution in [0, 0.1) is 6.92 Å². The van der Waals surface area contributed by atoms with Crippen molar-refractivity contribution in [2.24, 2.45) is 5.73 Å². The Morgan fingerprint density at radius 2 is 2.07 bits per heavy atom. The van der Waals surface area contributed by atoms with Crippen molar-refractivity contribution < 1.29 is 4.79 Å². The molecule has 3 nitrogen and oxygen atoms in total. The van der Waals surface area contributed by atoms with Crippen LogP contribution in [0.4, 0.5) is 0 Å². The van der Waals surface area contributed by atoms with Crippen LogP contribution in [-0.2, 0) is 5.54 Å². The Labute approximate surface area is 93.7 Å². The average Bonchev–Trinajstić information content (AvgIpc) is 2.72. The fourth-order valence-corrected chi connectivity index (χ4v) is 3.28. The van der Waals surface area contributed by atoms with Gasteiger partial charge in [0.05, 0.1) is 16.1 Å². The van der Waals surface area contributed by atoms with Gasteiger partial charge in [-0.05, 0) is 19.8 Å². The maximum absolute atomic E-state index is 11.3. The minimum Gasteiger partial charge on any atom is -0.319 e. The summed E-state index contributed by atoms with van der Waals surface area (Å²) in [5.74, 6) is 0.0952. The summed E-state index contributed by atoms with van der Waals surface area (Å²) in [5, 5.41) is 0.947. The Morgan fingerprint density at radius 1 is 1.47 bits per heavy atom. The maximum atomic E-state index is 11.3. The van der Waals surface area contributed by atoms with E-state index < -0.39 is 0 Å². The summed E-state index contributed by atoms with van der Waals surface area (Å²) in [7, 11) is 0. The van der Waals surface area contributed by atoms with Crippen molar-refractivity contribution in [3.05, 3.63) is 15.6 Å². The Kier molecular flexibility index (Phi) is 2.64. The van der Waals surface area contributed by atoms with Crippen molar-refractivity contribution in [1.29, 1.82) is 0 Å². The molecule has 0 bridgehead atoms. The van der Waals surface area contributed by atoms with Crippen LogP contribution in [0.25, 0.3) is 0 Å². The van der Waals surface area contributed by atoms with E-state index >= 15 is 0 Å². The fraction of sp³-hybridized carbons (Fsp3) is 0.636. The lowest BCUT2D eigenvalue weighted by atomic mass is 10.0. The molecule has 0 amide bonds. The molecule has 2 N–H and O–H groups in total. The third-order valence-corrected chi connectivity index (χ3v) is 4.52. The molecule has 1 aromatic rings. The van der Waals surface area contributed by atoms with Crippen molar-refractivity contribution in [3.63, 3.8) is 0 Å². The Hall–Kier alpha value is -0.740. The highest BCUT2D eigenvalue weighted by Crippen LogP contribution is 2.38. The summed E-state index contributed by atoms with van der Waals surface area (Å²) >= 11 is 1.48. The van der Waals surface area contributed by atoms with Gasteiger partial charge >= 0.3 is 0 Å². The maximum Gasteiger partial charge on any atom is 0.171 e. The van der Waals surface area contributed by atoms with Gasteiger partial charge in [0, 0.05) is 6.92 Å². The topological polar surface area (TPSA) is 56.0 Å². The Bertz CT molecular complexity index is 391. The molecular weight excluding hydrogens is 208 g/mol. The van der Waals surface area contributed by atoms with E-state index in [1.165, 1.54) is 24.2 Å². The second kappa shape index (κ2) is 3.68. The van der Waals surface area contributed by atoms with Crippen LogP contribution in [-0.4, -0.2) is 10.8 Å². The van der Waals surface area contributed by atoms with Crippen LogP contribution in [0.15, 0.2) is 0 Å². The van der Waals surface area contributed by atoms with E-state index in [2.05, 4.69) is 4.98 Å². The molecule has 82 valence electrons. The molecule has 1 fully saturated rings. The second-order valence-electron chi connectivity index (χ2n) is 4.35. The van der Waals surface area contributed by atoms with Crippen LogP contribution in [0.3, 0.4) is 0 Å². The molecule has 0 aliphatic heterocycles. The first kappa shape index (κ1) is 10.8. The lowest BCUT2D eigenvalue weighted by Gasteiger charge is -2.19. The number of Topliss-reactive ketones (excluding diaryl/α,β-unsaturated/α-hetero) is 1. The Morgan fingerprint density at radius 3 is 2.53 bits per heavy atom. The van der Waals surface area contributed by atoms with Gasteiger partial charge in [-0.15, -0.1) is 11.3 Å². The number of hydrogen-bond acceptors (Lipinski definition) is 4. The SMILES string of the molecule is CC(=O)c1sc(C2(N)CCCC2)nc1C. The van der Waals surface area contributed by atoms with Crippen molar-refractivity contribution in [1.82, 2.24) is 4.98 Å². The highest BCUT2D eigenvalue weighted by Gasteiger charge is 2.35. The molecule has 15 heavy (non-hydrogen) atoms. The molecule has 1 aromatic heterocycles. The van der Waals surface area contributed by atoms with Crippen LogP contribution >= 0.6 is 11.3 Å². The lowest BCUT2D eigenvalue weighted by Crippen LogP contribution is -2.32. The largest absolute Gasteiger partial charge is 0.319 e. The number of rotatable bonds is 2. The van der Waals surface area contributed by atoms with E-state index in [1.54, 1.807) is 6.92 Å². The van der Waals surface area contributed by atoms with E-state index in [-0.39, 0.29) is 11.3 Å². The van der Waals surface area contributed by atoms with Gasteiger partial charge in [-0.25, -0.2) is 4.98 Å². The fourth-order valence-electron chi connectivity index (χ4n) is 2.16. The minimum atomic E-state index is -0.261. The van der Waals surface area contributed by atoms with Gasteiger partial charge in [0.25, 0.3) is 0 Å². The molecule has 0 atom stereocenters. The summed E-state index contributed by atoms with van der Waals surface area (Å²) in [6.45, 7) is 3.47. The molecule has 1 heterocycles. The predicted molar refractivity (Wildman–Crippen MR) is 61.2 cm³/mol. The first-order chi connectivity index (χ1) is 7.03. The van der Waals surface area contributed by atoms with Crippen LogP contribution < -0.4 is 5.73 Å². The lowest BCUT2D eigenvalue weighted by molar-refractivity contribution is 0.102. The normalized spacial score (nSPS) is 19.4. The molecule has 0 spiro atoms. The molecule has 0 radical (unpaired) electrons. The molecule has 1 saturated carbocycles. The van der Waals surface area contributed by atoms with Gasteiger partial charge in [0.1, 0.15) is 5.01 Å². The van der Waals surface area contributed by atoms with E-state index in [9.17, 15) is 4.79 Å². The quantitative estimate of drug-likeness (QED) is 0.785. The van der Waals surface area contributed by atoms with Crippen molar-refractivity contribution in [2.75, 3.05) is 0 Å². The zero-order valence-electron chi connectivity index (χ0n) is 9.17. The third kappa shape index (κ3) is 1.84. The smallest absolute Gasteiger partial charge is 0.171 e. The van der Waals surface area contributed by atoms with Gasteiger partial charge in [-0.2, -0.15) is 0 Å². The van der Waals surface area contributed by atoms with Crippen LogP contribution in [0.5, 0.6) is 0 Å². The van der Waals surface area contributed by atoms with Crippen molar-refractivity contribution in [3.8, 4) is 0 Å². The molecule has 1 aliphatic carbocycles. The molecule has 0 saturated heterocycles. The van der Waals surface area contributed by atoms with Gasteiger partial charge in [0.2, 0.25) is 0 Å². The van der Waals surface area contributed by atoms with E-state index in [0.29, 0.717) is 0 Å². The number of carbonyl (C=O) groups is 1. The highest BCUT2D eigenvalue weighted by atomic mass is 32.1. The van der Waals surface area contributed by atoms with Crippen molar-refractivity contribution in [2.45, 2.75) is 45.1 Å². The number of nitrogens with two attached hydrogens (primary N) is 1. The molecule has 0 unspecified atom stereocenters. The molecular formula is C11H16N2OS. The highest BCUT2D eigenvalue weighted by molar-refractivity contribution is 7.14.